The van der Waals surface area contributed by atoms with E-state index in [-0.39, 0.29) is 40.9 Å². The molecule has 0 bridgehead atoms. The van der Waals surface area contributed by atoms with Crippen molar-refractivity contribution in [2.45, 2.75) is 50.9 Å². The highest BCUT2D eigenvalue weighted by Gasteiger charge is 2.47. The van der Waals surface area contributed by atoms with Crippen molar-refractivity contribution in [1.29, 1.82) is 0 Å². The lowest BCUT2D eigenvalue weighted by Crippen LogP contribution is -2.65. The van der Waals surface area contributed by atoms with Gasteiger partial charge in [-0.15, -0.1) is 0 Å². The predicted octanol–water partition coefficient (Wildman–Crippen LogP) is 2.45. The molecule has 168 valence electrons. The van der Waals surface area contributed by atoms with Gasteiger partial charge in [0.2, 0.25) is 0 Å². The number of alkyl halides is 2. The van der Waals surface area contributed by atoms with Gasteiger partial charge in [-0.05, 0) is 19.9 Å². The lowest BCUT2D eigenvalue weighted by Gasteiger charge is -2.52. The molecule has 2 atom stereocenters. The van der Waals surface area contributed by atoms with E-state index in [1.807, 2.05) is 0 Å². The van der Waals surface area contributed by atoms with Gasteiger partial charge in [0.15, 0.2) is 11.5 Å². The van der Waals surface area contributed by atoms with Crippen LogP contribution in [0.25, 0.3) is 11.4 Å². The van der Waals surface area contributed by atoms with Crippen LogP contribution >= 0.6 is 0 Å². The van der Waals surface area contributed by atoms with Crippen LogP contribution in [0, 0.1) is 0 Å². The number of halogens is 2. The molecule has 4 heterocycles. The van der Waals surface area contributed by atoms with Crippen molar-refractivity contribution in [2.24, 2.45) is 0 Å². The Morgan fingerprint density at radius 1 is 1.13 bits per heavy atom. The summed E-state index contributed by atoms with van der Waals surface area (Å²) in [5.41, 5.74) is 4.68. The van der Waals surface area contributed by atoms with E-state index >= 15 is 0 Å². The first-order valence-electron chi connectivity index (χ1n) is 10.3. The quantitative estimate of drug-likeness (QED) is 0.756. The van der Waals surface area contributed by atoms with Crippen molar-refractivity contribution < 1.29 is 23.0 Å². The number of ether oxygens (including phenoxy) is 3. The van der Waals surface area contributed by atoms with Crippen molar-refractivity contribution in [3.8, 4) is 17.4 Å². The molecule has 2 aliphatic rings. The summed E-state index contributed by atoms with van der Waals surface area (Å²) in [6.07, 6.45) is 0.982. The van der Waals surface area contributed by atoms with Gasteiger partial charge < -0.3 is 19.9 Å². The number of hydrogen-bond donors (Lipinski definition) is 1. The van der Waals surface area contributed by atoms with E-state index in [2.05, 4.69) is 38.7 Å². The number of anilines is 1. The first kappa shape index (κ1) is 21.7. The average Bonchev–Trinajstić information content (AvgIpc) is 2.74. The van der Waals surface area contributed by atoms with Crippen molar-refractivity contribution in [3.05, 3.63) is 24.2 Å². The van der Waals surface area contributed by atoms with E-state index in [1.165, 1.54) is 12.5 Å². The first-order chi connectivity index (χ1) is 14.9. The maximum atomic E-state index is 13.5. The molecule has 4 rings (SSSR count). The molecule has 9 nitrogen and oxygen atoms in total. The molecule has 2 aromatic heterocycles. The summed E-state index contributed by atoms with van der Waals surface area (Å²) in [4.78, 5) is 18.8. The molecule has 2 aliphatic heterocycles. The molecule has 0 amide bonds. The van der Waals surface area contributed by atoms with Crippen LogP contribution in [0.15, 0.2) is 18.6 Å². The molecular weight excluding hydrogens is 410 g/mol. The number of pyridine rings is 1. The van der Waals surface area contributed by atoms with Gasteiger partial charge in [-0.1, -0.05) is 0 Å². The van der Waals surface area contributed by atoms with E-state index in [9.17, 15) is 8.78 Å². The summed E-state index contributed by atoms with van der Waals surface area (Å²) >= 11 is 0. The molecule has 2 aromatic rings. The highest BCUT2D eigenvalue weighted by Crippen LogP contribution is 2.36. The molecule has 0 aromatic carbocycles. The maximum Gasteiger partial charge on any atom is 0.321 e. The summed E-state index contributed by atoms with van der Waals surface area (Å²) < 4.78 is 44.7. The van der Waals surface area contributed by atoms with Crippen LogP contribution < -0.4 is 10.5 Å². The number of hydrogen-bond acceptors (Lipinski definition) is 9. The number of nitrogens with zero attached hydrogens (tertiary/aromatic N) is 5. The number of nitrogens with two attached hydrogens (primary N) is 1. The standard InChI is InChI=1S/C20H26F2N6O3/c1-12-9-30-10-13(2)28(12)20(3-5-29-6-4-20)31-19-26-11-25-18(27-19)15-8-24-16(23)7-14(15)17(21)22/h7-8,11-13,17H,3-6,9-10H2,1-2H3,(H2,23,24)/t12-,13+. The smallest absolute Gasteiger partial charge is 0.321 e. The molecule has 2 fully saturated rings. The second-order valence-electron chi connectivity index (χ2n) is 7.89. The molecule has 11 heteroatoms. The lowest BCUT2D eigenvalue weighted by molar-refractivity contribution is -0.206. The molecule has 0 aliphatic carbocycles. The second-order valence-corrected chi connectivity index (χ2v) is 7.89. The fourth-order valence-electron chi connectivity index (χ4n) is 4.40. The monoisotopic (exact) mass is 436 g/mol. The van der Waals surface area contributed by atoms with Crippen molar-refractivity contribution in [1.82, 2.24) is 24.8 Å². The minimum atomic E-state index is -2.75. The van der Waals surface area contributed by atoms with Gasteiger partial charge in [0.25, 0.3) is 6.43 Å². The summed E-state index contributed by atoms with van der Waals surface area (Å²) in [6, 6.07) is 1.43. The Labute approximate surface area is 179 Å². The van der Waals surface area contributed by atoms with E-state index in [1.54, 1.807) is 0 Å². The van der Waals surface area contributed by atoms with Crippen molar-refractivity contribution in [2.75, 3.05) is 32.2 Å². The normalized spacial score (nSPS) is 24.3. The van der Waals surface area contributed by atoms with E-state index < -0.39 is 12.2 Å². The van der Waals surface area contributed by atoms with Gasteiger partial charge in [0, 0.05) is 42.2 Å². The van der Waals surface area contributed by atoms with Gasteiger partial charge in [-0.25, -0.2) is 18.7 Å². The van der Waals surface area contributed by atoms with Gasteiger partial charge >= 0.3 is 6.01 Å². The zero-order chi connectivity index (χ0) is 22.0. The Kier molecular flexibility index (Phi) is 6.26. The van der Waals surface area contributed by atoms with Gasteiger partial charge in [0.05, 0.1) is 26.4 Å². The molecule has 0 radical (unpaired) electrons. The Hall–Kier alpha value is -2.50. The molecule has 2 N–H and O–H groups in total. The molecule has 2 saturated heterocycles. The third-order valence-corrected chi connectivity index (χ3v) is 5.68. The molecule has 0 unspecified atom stereocenters. The van der Waals surface area contributed by atoms with Crippen LogP contribution in [0.5, 0.6) is 6.01 Å². The van der Waals surface area contributed by atoms with Gasteiger partial charge in [-0.2, -0.15) is 9.97 Å². The lowest BCUT2D eigenvalue weighted by atomic mass is 9.96. The van der Waals surface area contributed by atoms with Crippen LogP contribution in [0.3, 0.4) is 0 Å². The topological polar surface area (TPSA) is 109 Å². The van der Waals surface area contributed by atoms with Crippen LogP contribution in [0.4, 0.5) is 14.6 Å². The summed E-state index contributed by atoms with van der Waals surface area (Å²) in [6.45, 7) is 6.42. The summed E-state index contributed by atoms with van der Waals surface area (Å²) in [5, 5.41) is 0. The minimum absolute atomic E-state index is 0.000954. The fourth-order valence-corrected chi connectivity index (χ4v) is 4.40. The average molecular weight is 436 g/mol. The van der Waals surface area contributed by atoms with Crippen LogP contribution in [-0.4, -0.2) is 69.1 Å². The second kappa shape index (κ2) is 8.93. The number of aromatic nitrogens is 4. The zero-order valence-electron chi connectivity index (χ0n) is 17.5. The Morgan fingerprint density at radius 2 is 1.84 bits per heavy atom. The molecular formula is C20H26F2N6O3. The van der Waals surface area contributed by atoms with E-state index in [4.69, 9.17) is 19.9 Å². The van der Waals surface area contributed by atoms with Gasteiger partial charge in [-0.3, -0.25) is 4.90 Å². The largest absolute Gasteiger partial charge is 0.441 e. The Bertz CT molecular complexity index is 902. The van der Waals surface area contributed by atoms with Crippen molar-refractivity contribution >= 4 is 5.82 Å². The highest BCUT2D eigenvalue weighted by molar-refractivity contribution is 5.61. The van der Waals surface area contributed by atoms with E-state index in [0.29, 0.717) is 39.3 Å². The summed E-state index contributed by atoms with van der Waals surface area (Å²) in [5.74, 6) is 0.0547. The third-order valence-electron chi connectivity index (χ3n) is 5.68. The maximum absolute atomic E-state index is 13.5. The molecule has 0 saturated carbocycles. The van der Waals surface area contributed by atoms with Crippen LogP contribution in [0.2, 0.25) is 0 Å². The molecule has 31 heavy (non-hydrogen) atoms. The Balaban J connectivity index is 1.68. The SMILES string of the molecule is C[C@@H]1COC[C@H](C)N1C1(Oc2ncnc(-c3cnc(N)cc3C(F)F)n2)CCOCC1. The van der Waals surface area contributed by atoms with Crippen LogP contribution in [-0.2, 0) is 9.47 Å². The number of morpholine rings is 1. The van der Waals surface area contributed by atoms with E-state index in [0.717, 1.165) is 6.07 Å². The Morgan fingerprint density at radius 3 is 2.52 bits per heavy atom. The summed E-state index contributed by atoms with van der Waals surface area (Å²) in [7, 11) is 0. The minimum Gasteiger partial charge on any atom is -0.441 e. The third kappa shape index (κ3) is 4.43. The fraction of sp³-hybridized carbons (Fsp3) is 0.600. The number of nitrogen functional groups attached to an aromatic ring is 1. The first-order valence-corrected chi connectivity index (χ1v) is 10.3. The van der Waals surface area contributed by atoms with Gasteiger partial charge in [0.1, 0.15) is 12.1 Å². The molecule has 0 spiro atoms. The van der Waals surface area contributed by atoms with Crippen molar-refractivity contribution in [3.63, 3.8) is 0 Å². The van der Waals surface area contributed by atoms with Crippen LogP contribution in [0.1, 0.15) is 38.7 Å². The highest BCUT2D eigenvalue weighted by atomic mass is 19.3. The zero-order valence-corrected chi connectivity index (χ0v) is 17.5. The number of rotatable bonds is 5. The predicted molar refractivity (Wildman–Crippen MR) is 107 cm³/mol.